The second-order valence-electron chi connectivity index (χ2n) is 3.79. The first-order valence-electron chi connectivity index (χ1n) is 4.90. The van der Waals surface area contributed by atoms with Crippen molar-refractivity contribution in [1.82, 2.24) is 4.90 Å². The molecule has 1 amide bonds. The van der Waals surface area contributed by atoms with Crippen molar-refractivity contribution in [1.29, 1.82) is 0 Å². The van der Waals surface area contributed by atoms with Crippen LogP contribution < -0.4 is 0 Å². The molecule has 0 radical (unpaired) electrons. The molecule has 1 fully saturated rings. The van der Waals surface area contributed by atoms with Crippen molar-refractivity contribution in [3.8, 4) is 0 Å². The highest BCUT2D eigenvalue weighted by Crippen LogP contribution is 2.21. The number of carbonyl (C=O) groups is 1. The molecule has 90 valence electrons. The topological polar surface area (TPSA) is 83.7 Å². The number of hydrogen-bond donors (Lipinski definition) is 1. The zero-order chi connectivity index (χ0) is 12.6. The molecule has 1 aromatic rings. The van der Waals surface area contributed by atoms with E-state index in [1.54, 1.807) is 0 Å². The maximum Gasteiger partial charge on any atom is 0.305 e. The van der Waals surface area contributed by atoms with Gasteiger partial charge in [0.05, 0.1) is 11.0 Å². The predicted molar refractivity (Wildman–Crippen MR) is 55.0 cm³/mol. The summed E-state index contributed by atoms with van der Waals surface area (Å²) < 4.78 is 13.0. The lowest BCUT2D eigenvalue weighted by molar-refractivity contribution is -0.387. The SMILES string of the molecule is O=C(c1ccc(F)c([N+](=O)[O-])c1)N1CC(O)C1. The molecule has 0 saturated carbocycles. The number of amides is 1. The van der Waals surface area contributed by atoms with Crippen LogP contribution in [-0.2, 0) is 0 Å². The molecule has 0 aliphatic carbocycles. The fourth-order valence-corrected chi connectivity index (χ4v) is 1.59. The average molecular weight is 240 g/mol. The molecule has 1 aliphatic heterocycles. The van der Waals surface area contributed by atoms with E-state index in [1.165, 1.54) is 11.0 Å². The number of rotatable bonds is 2. The van der Waals surface area contributed by atoms with Crippen molar-refractivity contribution in [3.63, 3.8) is 0 Å². The smallest absolute Gasteiger partial charge is 0.305 e. The summed E-state index contributed by atoms with van der Waals surface area (Å²) in [6, 6.07) is 2.99. The monoisotopic (exact) mass is 240 g/mol. The van der Waals surface area contributed by atoms with Gasteiger partial charge in [0.25, 0.3) is 5.91 Å². The zero-order valence-electron chi connectivity index (χ0n) is 8.67. The zero-order valence-corrected chi connectivity index (χ0v) is 8.67. The summed E-state index contributed by atoms with van der Waals surface area (Å²) >= 11 is 0. The van der Waals surface area contributed by atoms with Crippen molar-refractivity contribution < 1.29 is 19.2 Å². The molecule has 7 heteroatoms. The first-order valence-corrected chi connectivity index (χ1v) is 4.90. The highest BCUT2D eigenvalue weighted by molar-refractivity contribution is 5.95. The van der Waals surface area contributed by atoms with Gasteiger partial charge in [-0.15, -0.1) is 0 Å². The van der Waals surface area contributed by atoms with Crippen molar-refractivity contribution >= 4 is 11.6 Å². The van der Waals surface area contributed by atoms with Crippen LogP contribution in [0.4, 0.5) is 10.1 Å². The third kappa shape index (κ3) is 2.09. The van der Waals surface area contributed by atoms with E-state index < -0.39 is 28.4 Å². The van der Waals surface area contributed by atoms with E-state index in [1.807, 2.05) is 0 Å². The number of aliphatic hydroxyl groups is 1. The Kier molecular flexibility index (Phi) is 2.76. The minimum atomic E-state index is -0.977. The molecule has 1 aromatic carbocycles. The van der Waals surface area contributed by atoms with Gasteiger partial charge < -0.3 is 10.0 Å². The van der Waals surface area contributed by atoms with Crippen LogP contribution >= 0.6 is 0 Å². The van der Waals surface area contributed by atoms with Gasteiger partial charge in [0.15, 0.2) is 0 Å². The van der Waals surface area contributed by atoms with Gasteiger partial charge in [0.1, 0.15) is 0 Å². The summed E-state index contributed by atoms with van der Waals surface area (Å²) in [4.78, 5) is 22.7. The molecule has 17 heavy (non-hydrogen) atoms. The highest BCUT2D eigenvalue weighted by atomic mass is 19.1. The quantitative estimate of drug-likeness (QED) is 0.604. The maximum absolute atomic E-state index is 13.0. The van der Waals surface area contributed by atoms with E-state index in [4.69, 9.17) is 5.11 Å². The number of β-amino-alcohol motifs (C(OH)–C–C–N with tert-alkyl or cyclic N) is 1. The molecular weight excluding hydrogens is 231 g/mol. The molecule has 0 atom stereocenters. The van der Waals surface area contributed by atoms with Crippen LogP contribution in [0, 0.1) is 15.9 Å². The van der Waals surface area contributed by atoms with Gasteiger partial charge in [0, 0.05) is 24.7 Å². The Morgan fingerprint density at radius 3 is 2.71 bits per heavy atom. The van der Waals surface area contributed by atoms with E-state index in [0.29, 0.717) is 0 Å². The second kappa shape index (κ2) is 4.10. The Bertz CT molecular complexity index is 485. The minimum Gasteiger partial charge on any atom is -0.389 e. The van der Waals surface area contributed by atoms with Gasteiger partial charge in [-0.3, -0.25) is 14.9 Å². The van der Waals surface area contributed by atoms with Gasteiger partial charge >= 0.3 is 5.69 Å². The van der Waals surface area contributed by atoms with Crippen molar-refractivity contribution in [2.75, 3.05) is 13.1 Å². The van der Waals surface area contributed by atoms with Gasteiger partial charge in [-0.05, 0) is 12.1 Å². The van der Waals surface area contributed by atoms with Crippen LogP contribution in [-0.4, -0.2) is 40.0 Å². The lowest BCUT2D eigenvalue weighted by Gasteiger charge is -2.35. The molecule has 1 saturated heterocycles. The molecule has 0 bridgehead atoms. The molecule has 1 heterocycles. The molecule has 1 aliphatic rings. The van der Waals surface area contributed by atoms with Crippen LogP contribution in [0.5, 0.6) is 0 Å². The maximum atomic E-state index is 13.0. The molecule has 1 N–H and O–H groups in total. The molecular formula is C10H9FN2O4. The van der Waals surface area contributed by atoms with Gasteiger partial charge in [-0.25, -0.2) is 0 Å². The van der Waals surface area contributed by atoms with E-state index in [-0.39, 0.29) is 18.7 Å². The molecule has 0 unspecified atom stereocenters. The lowest BCUT2D eigenvalue weighted by Crippen LogP contribution is -2.53. The van der Waals surface area contributed by atoms with Crippen LogP contribution in [0.15, 0.2) is 18.2 Å². The first-order chi connectivity index (χ1) is 7.99. The number of nitro groups is 1. The van der Waals surface area contributed by atoms with Crippen molar-refractivity contribution in [2.24, 2.45) is 0 Å². The summed E-state index contributed by atoms with van der Waals surface area (Å²) in [5, 5.41) is 19.5. The lowest BCUT2D eigenvalue weighted by atomic mass is 10.1. The molecule has 0 aromatic heterocycles. The largest absolute Gasteiger partial charge is 0.389 e. The molecule has 6 nitrogen and oxygen atoms in total. The summed E-state index contributed by atoms with van der Waals surface area (Å²) in [7, 11) is 0. The van der Waals surface area contributed by atoms with E-state index in [2.05, 4.69) is 0 Å². The Morgan fingerprint density at radius 1 is 1.53 bits per heavy atom. The van der Waals surface area contributed by atoms with Gasteiger partial charge in [0.2, 0.25) is 5.82 Å². The highest BCUT2D eigenvalue weighted by Gasteiger charge is 2.30. The number of hydrogen-bond acceptors (Lipinski definition) is 4. The van der Waals surface area contributed by atoms with Crippen LogP contribution in [0.1, 0.15) is 10.4 Å². The van der Waals surface area contributed by atoms with E-state index >= 15 is 0 Å². The Labute approximate surface area is 95.4 Å². The van der Waals surface area contributed by atoms with E-state index in [0.717, 1.165) is 12.1 Å². The number of nitrogens with zero attached hydrogens (tertiary/aromatic N) is 2. The summed E-state index contributed by atoms with van der Waals surface area (Å²) in [5.41, 5.74) is -0.679. The fraction of sp³-hybridized carbons (Fsp3) is 0.300. The number of likely N-dealkylation sites (tertiary alicyclic amines) is 1. The average Bonchev–Trinajstić information content (AvgIpc) is 2.24. The summed E-state index contributed by atoms with van der Waals surface area (Å²) in [5.74, 6) is -1.42. The summed E-state index contributed by atoms with van der Waals surface area (Å²) in [6.07, 6.45) is -0.547. The third-order valence-corrected chi connectivity index (χ3v) is 2.54. The molecule has 2 rings (SSSR count). The Hall–Kier alpha value is -2.02. The van der Waals surface area contributed by atoms with E-state index in [9.17, 15) is 19.3 Å². The molecule has 0 spiro atoms. The predicted octanol–water partition coefficient (Wildman–Crippen LogP) is 0.551. The van der Waals surface area contributed by atoms with Crippen LogP contribution in [0.2, 0.25) is 0 Å². The Morgan fingerprint density at radius 2 is 2.18 bits per heavy atom. The number of aliphatic hydroxyl groups excluding tert-OH is 1. The first kappa shape index (κ1) is 11.5. The minimum absolute atomic E-state index is 0.0463. The second-order valence-corrected chi connectivity index (χ2v) is 3.79. The standard InChI is InChI=1S/C10H9FN2O4/c11-8-2-1-6(3-9(8)13(16)17)10(15)12-4-7(14)5-12/h1-3,7,14H,4-5H2. The number of carbonyl (C=O) groups excluding carboxylic acids is 1. The third-order valence-electron chi connectivity index (χ3n) is 2.54. The fourth-order valence-electron chi connectivity index (χ4n) is 1.59. The number of halogens is 1. The Balaban J connectivity index is 2.24. The van der Waals surface area contributed by atoms with Gasteiger partial charge in [-0.2, -0.15) is 4.39 Å². The normalized spacial score (nSPS) is 15.5. The number of nitro benzene ring substituents is 1. The van der Waals surface area contributed by atoms with Crippen molar-refractivity contribution in [2.45, 2.75) is 6.10 Å². The number of benzene rings is 1. The van der Waals surface area contributed by atoms with Crippen LogP contribution in [0.25, 0.3) is 0 Å². The van der Waals surface area contributed by atoms with Crippen molar-refractivity contribution in [3.05, 3.63) is 39.7 Å². The van der Waals surface area contributed by atoms with Gasteiger partial charge in [-0.1, -0.05) is 0 Å². The van der Waals surface area contributed by atoms with Crippen LogP contribution in [0.3, 0.4) is 0 Å². The summed E-state index contributed by atoms with van der Waals surface area (Å²) in [6.45, 7) is 0.397.